The van der Waals surface area contributed by atoms with Crippen LogP contribution in [0, 0.1) is 0 Å². The number of hydrogen-bond donors (Lipinski definition) is 1. The Balaban J connectivity index is 2.08. The van der Waals surface area contributed by atoms with Crippen molar-refractivity contribution in [3.63, 3.8) is 0 Å². The Morgan fingerprint density at radius 3 is 2.62 bits per heavy atom. The second-order valence-electron chi connectivity index (χ2n) is 3.22. The predicted molar refractivity (Wildman–Crippen MR) is 70.8 cm³/mol. The lowest BCUT2D eigenvalue weighted by Gasteiger charge is -2.02. The van der Waals surface area contributed by atoms with E-state index in [-0.39, 0.29) is 0 Å². The maximum atomic E-state index is 4.36. The standard InChI is InChI=1S/C11H13N3S2/c1-3-10-13-11(16-14-10)12-8-4-6-9(15-2)7-5-8/h4-7H,3H2,1-2H3,(H,12,13,14). The first-order chi connectivity index (χ1) is 7.81. The highest BCUT2D eigenvalue weighted by molar-refractivity contribution is 7.98. The Kier molecular flexibility index (Phi) is 3.79. The number of thioether (sulfide) groups is 1. The van der Waals surface area contributed by atoms with E-state index in [0.29, 0.717) is 0 Å². The lowest BCUT2D eigenvalue weighted by Crippen LogP contribution is -1.90. The number of nitrogens with zero attached hydrogens (tertiary/aromatic N) is 2. The minimum atomic E-state index is 0.855. The lowest BCUT2D eigenvalue weighted by molar-refractivity contribution is 1.00. The number of aryl methyl sites for hydroxylation is 1. The molecule has 84 valence electrons. The highest BCUT2D eigenvalue weighted by atomic mass is 32.2. The Labute approximate surface area is 103 Å². The molecule has 1 aromatic carbocycles. The summed E-state index contributed by atoms with van der Waals surface area (Å²) in [5, 5.41) is 4.10. The number of nitrogens with one attached hydrogen (secondary N) is 1. The molecule has 0 aliphatic rings. The van der Waals surface area contributed by atoms with E-state index in [9.17, 15) is 0 Å². The third-order valence-corrected chi connectivity index (χ3v) is 3.54. The van der Waals surface area contributed by atoms with Crippen molar-refractivity contribution in [3.05, 3.63) is 30.1 Å². The van der Waals surface area contributed by atoms with Crippen LogP contribution in [-0.4, -0.2) is 15.6 Å². The third-order valence-electron chi connectivity index (χ3n) is 2.13. The molecule has 0 amide bonds. The van der Waals surface area contributed by atoms with Gasteiger partial charge in [-0.15, -0.1) is 11.8 Å². The predicted octanol–water partition coefficient (Wildman–Crippen LogP) is 3.57. The first-order valence-electron chi connectivity index (χ1n) is 5.05. The molecular formula is C11H13N3S2. The van der Waals surface area contributed by atoms with Gasteiger partial charge in [0.15, 0.2) is 0 Å². The van der Waals surface area contributed by atoms with E-state index >= 15 is 0 Å². The third kappa shape index (κ3) is 2.74. The molecule has 0 fully saturated rings. The van der Waals surface area contributed by atoms with Crippen molar-refractivity contribution >= 4 is 34.1 Å². The maximum absolute atomic E-state index is 4.36. The molecule has 0 atom stereocenters. The molecule has 0 spiro atoms. The van der Waals surface area contributed by atoms with Gasteiger partial charge in [-0.1, -0.05) is 6.92 Å². The molecule has 2 rings (SSSR count). The van der Waals surface area contributed by atoms with Crippen LogP contribution in [-0.2, 0) is 6.42 Å². The van der Waals surface area contributed by atoms with Crippen LogP contribution in [0.2, 0.25) is 0 Å². The van der Waals surface area contributed by atoms with E-state index in [2.05, 4.69) is 52.1 Å². The normalized spacial score (nSPS) is 10.4. The monoisotopic (exact) mass is 251 g/mol. The highest BCUT2D eigenvalue weighted by Gasteiger charge is 2.02. The Morgan fingerprint density at radius 2 is 2.06 bits per heavy atom. The molecule has 1 heterocycles. The highest BCUT2D eigenvalue weighted by Crippen LogP contribution is 2.21. The summed E-state index contributed by atoms with van der Waals surface area (Å²) < 4.78 is 4.23. The van der Waals surface area contributed by atoms with Gasteiger partial charge in [0.2, 0.25) is 5.13 Å². The molecule has 2 aromatic rings. The van der Waals surface area contributed by atoms with Crippen molar-refractivity contribution in [2.45, 2.75) is 18.2 Å². The van der Waals surface area contributed by atoms with Gasteiger partial charge in [0, 0.05) is 28.5 Å². The van der Waals surface area contributed by atoms with Crippen molar-refractivity contribution in [2.24, 2.45) is 0 Å². The van der Waals surface area contributed by atoms with E-state index in [1.54, 1.807) is 11.8 Å². The number of aromatic nitrogens is 2. The lowest BCUT2D eigenvalue weighted by atomic mass is 10.3. The molecule has 3 nitrogen and oxygen atoms in total. The van der Waals surface area contributed by atoms with Gasteiger partial charge in [-0.2, -0.15) is 4.37 Å². The maximum Gasteiger partial charge on any atom is 0.207 e. The molecule has 0 unspecified atom stereocenters. The van der Waals surface area contributed by atoms with Gasteiger partial charge >= 0.3 is 0 Å². The van der Waals surface area contributed by atoms with E-state index < -0.39 is 0 Å². The summed E-state index contributed by atoms with van der Waals surface area (Å²) in [4.78, 5) is 5.62. The number of rotatable bonds is 4. The van der Waals surface area contributed by atoms with Crippen molar-refractivity contribution in [1.82, 2.24) is 9.36 Å². The van der Waals surface area contributed by atoms with Crippen LogP contribution in [0.3, 0.4) is 0 Å². The summed E-state index contributed by atoms with van der Waals surface area (Å²) in [6, 6.07) is 8.29. The van der Waals surface area contributed by atoms with E-state index in [4.69, 9.17) is 0 Å². The molecule has 0 bridgehead atoms. The zero-order valence-electron chi connectivity index (χ0n) is 9.23. The van der Waals surface area contributed by atoms with Crippen LogP contribution in [0.4, 0.5) is 10.8 Å². The molecule has 0 aliphatic heterocycles. The molecule has 0 radical (unpaired) electrons. The van der Waals surface area contributed by atoms with Crippen molar-refractivity contribution in [2.75, 3.05) is 11.6 Å². The average Bonchev–Trinajstić information content (AvgIpc) is 2.78. The fourth-order valence-corrected chi connectivity index (χ4v) is 2.33. The van der Waals surface area contributed by atoms with Crippen LogP contribution < -0.4 is 5.32 Å². The quantitative estimate of drug-likeness (QED) is 0.843. The average molecular weight is 251 g/mol. The van der Waals surface area contributed by atoms with Crippen molar-refractivity contribution < 1.29 is 0 Å². The molecule has 0 saturated heterocycles. The Morgan fingerprint density at radius 1 is 1.31 bits per heavy atom. The zero-order valence-corrected chi connectivity index (χ0v) is 10.9. The summed E-state index contributed by atoms with van der Waals surface area (Å²) in [5.74, 6) is 0.897. The minimum Gasteiger partial charge on any atom is -0.330 e. The van der Waals surface area contributed by atoms with Crippen LogP contribution in [0.1, 0.15) is 12.7 Å². The molecule has 5 heteroatoms. The van der Waals surface area contributed by atoms with E-state index in [0.717, 1.165) is 23.1 Å². The van der Waals surface area contributed by atoms with Gasteiger partial charge in [-0.3, -0.25) is 0 Å². The van der Waals surface area contributed by atoms with Crippen LogP contribution in [0.5, 0.6) is 0 Å². The smallest absolute Gasteiger partial charge is 0.207 e. The Hall–Kier alpha value is -1.07. The summed E-state index contributed by atoms with van der Waals surface area (Å²) in [6.07, 6.45) is 2.95. The summed E-state index contributed by atoms with van der Waals surface area (Å²) >= 11 is 3.14. The fourth-order valence-electron chi connectivity index (χ4n) is 1.25. The number of benzene rings is 1. The Bertz CT molecular complexity index is 451. The second-order valence-corrected chi connectivity index (χ2v) is 4.85. The largest absolute Gasteiger partial charge is 0.330 e. The summed E-state index contributed by atoms with van der Waals surface area (Å²) in [5.41, 5.74) is 1.05. The first-order valence-corrected chi connectivity index (χ1v) is 7.05. The van der Waals surface area contributed by atoms with Crippen molar-refractivity contribution in [3.8, 4) is 0 Å². The summed E-state index contributed by atoms with van der Waals surface area (Å²) in [6.45, 7) is 2.05. The fraction of sp³-hybridized carbons (Fsp3) is 0.273. The molecule has 1 aromatic heterocycles. The van der Waals surface area contributed by atoms with Gasteiger partial charge in [0.05, 0.1) is 0 Å². The number of hydrogen-bond acceptors (Lipinski definition) is 5. The van der Waals surface area contributed by atoms with Crippen LogP contribution >= 0.6 is 23.3 Å². The van der Waals surface area contributed by atoms with Crippen LogP contribution in [0.15, 0.2) is 29.2 Å². The molecular weight excluding hydrogens is 238 g/mol. The van der Waals surface area contributed by atoms with Gasteiger partial charge in [-0.05, 0) is 30.5 Å². The van der Waals surface area contributed by atoms with Gasteiger partial charge in [0.25, 0.3) is 0 Å². The van der Waals surface area contributed by atoms with Gasteiger partial charge in [0.1, 0.15) is 5.82 Å². The zero-order chi connectivity index (χ0) is 11.4. The summed E-state index contributed by atoms with van der Waals surface area (Å²) in [7, 11) is 0. The molecule has 1 N–H and O–H groups in total. The topological polar surface area (TPSA) is 37.8 Å². The van der Waals surface area contributed by atoms with Crippen LogP contribution in [0.25, 0.3) is 0 Å². The van der Waals surface area contributed by atoms with Gasteiger partial charge in [-0.25, -0.2) is 4.98 Å². The van der Waals surface area contributed by atoms with Gasteiger partial charge < -0.3 is 5.32 Å². The SMILES string of the molecule is CCc1nsc(Nc2ccc(SC)cc2)n1. The van der Waals surface area contributed by atoms with Crippen molar-refractivity contribution in [1.29, 1.82) is 0 Å². The first kappa shape index (κ1) is 11.4. The molecule has 0 aliphatic carbocycles. The number of anilines is 2. The van der Waals surface area contributed by atoms with E-state index in [1.807, 2.05) is 0 Å². The minimum absolute atomic E-state index is 0.855. The second kappa shape index (κ2) is 5.32. The molecule has 16 heavy (non-hydrogen) atoms. The van der Waals surface area contributed by atoms with E-state index in [1.165, 1.54) is 16.4 Å². The molecule has 0 saturated carbocycles.